The Balaban J connectivity index is 0.000000189. The third-order valence-corrected chi connectivity index (χ3v) is 6.74. The lowest BCUT2D eigenvalue weighted by Crippen LogP contribution is -1.85. The summed E-state index contributed by atoms with van der Waals surface area (Å²) in [5.74, 6) is 0. The second-order valence-electron chi connectivity index (χ2n) is 8.42. The molecule has 0 spiro atoms. The van der Waals surface area contributed by atoms with Crippen LogP contribution in [0.1, 0.15) is 22.3 Å². The summed E-state index contributed by atoms with van der Waals surface area (Å²) in [5.41, 5.74) is 5.22. The van der Waals surface area contributed by atoms with E-state index < -0.39 is 0 Å². The largest absolute Gasteiger partial charge is 0.0904 e. The fourth-order valence-electron chi connectivity index (χ4n) is 3.77. The Labute approximate surface area is 213 Å². The first-order valence-electron chi connectivity index (χ1n) is 11.8. The van der Waals surface area contributed by atoms with E-state index in [2.05, 4.69) is 153 Å². The highest BCUT2D eigenvalue weighted by Crippen LogP contribution is 2.29. The Bertz CT molecular complexity index is 1360. The molecular formula is C34H30S. The van der Waals surface area contributed by atoms with Gasteiger partial charge in [0.15, 0.2) is 0 Å². The molecule has 0 N–H and O–H groups in total. The monoisotopic (exact) mass is 470 g/mol. The van der Waals surface area contributed by atoms with Crippen molar-refractivity contribution in [2.45, 2.75) is 18.2 Å². The quantitative estimate of drug-likeness (QED) is 0.176. The number of hydrogen-bond acceptors (Lipinski definition) is 1. The molecule has 0 heterocycles. The van der Waals surface area contributed by atoms with Crippen molar-refractivity contribution in [1.29, 1.82) is 0 Å². The molecule has 0 saturated carbocycles. The van der Waals surface area contributed by atoms with Crippen molar-refractivity contribution in [1.82, 2.24) is 0 Å². The number of thioether (sulfide) groups is 1. The minimum Gasteiger partial charge on any atom is -0.0904 e. The average molecular weight is 471 g/mol. The van der Waals surface area contributed by atoms with Gasteiger partial charge in [0.2, 0.25) is 0 Å². The fourth-order valence-corrected chi connectivity index (χ4v) is 4.57. The summed E-state index contributed by atoms with van der Waals surface area (Å²) < 4.78 is 0. The molecule has 0 atom stereocenters. The summed E-state index contributed by atoms with van der Waals surface area (Å²) in [7, 11) is 0. The summed E-state index contributed by atoms with van der Waals surface area (Å²) >= 11 is 1.71. The molecule has 5 aromatic carbocycles. The zero-order valence-electron chi connectivity index (χ0n) is 20.1. The lowest BCUT2D eigenvalue weighted by molar-refractivity contribution is 1.19. The van der Waals surface area contributed by atoms with Crippen LogP contribution in [0.3, 0.4) is 0 Å². The van der Waals surface area contributed by atoms with E-state index in [0.29, 0.717) is 0 Å². The van der Waals surface area contributed by atoms with Crippen LogP contribution in [-0.4, -0.2) is 0 Å². The van der Waals surface area contributed by atoms with Crippen molar-refractivity contribution >= 4 is 28.6 Å². The number of allylic oxidation sites excluding steroid dienone is 1. The van der Waals surface area contributed by atoms with E-state index in [-0.39, 0.29) is 0 Å². The van der Waals surface area contributed by atoms with Gasteiger partial charge >= 0.3 is 0 Å². The van der Waals surface area contributed by atoms with Gasteiger partial charge in [0, 0.05) is 9.80 Å². The molecule has 0 saturated heterocycles. The van der Waals surface area contributed by atoms with Gasteiger partial charge in [-0.3, -0.25) is 0 Å². The van der Waals surface area contributed by atoms with Gasteiger partial charge in [0.25, 0.3) is 0 Å². The molecule has 35 heavy (non-hydrogen) atoms. The Morgan fingerprint density at radius 3 is 1.89 bits per heavy atom. The zero-order valence-corrected chi connectivity index (χ0v) is 20.9. The standard InChI is InChI=1S/C21H18S.C13H12/c1-16-7-3-6-10-21(16)22-17(2)11-12-18-13-14-19-8-4-5-9-20(19)15-18;1-3-7-12(8-4-1)11-13-9-5-2-6-10-13/h3-15H,2H2,1H3;1-10H,11H2/b12-11+;. The molecule has 0 amide bonds. The molecule has 0 bridgehead atoms. The summed E-state index contributed by atoms with van der Waals surface area (Å²) in [6.45, 7) is 6.27. The SMILES string of the molecule is C=C(/C=C/c1ccc2ccccc2c1)Sc1ccccc1C.c1ccc(Cc2ccccc2)cc1. The summed E-state index contributed by atoms with van der Waals surface area (Å²) in [4.78, 5) is 2.30. The predicted molar refractivity (Wildman–Crippen MR) is 155 cm³/mol. The van der Waals surface area contributed by atoms with E-state index in [9.17, 15) is 0 Å². The third-order valence-electron chi connectivity index (χ3n) is 5.66. The van der Waals surface area contributed by atoms with E-state index in [4.69, 9.17) is 0 Å². The molecule has 0 unspecified atom stereocenters. The Morgan fingerprint density at radius 1 is 0.657 bits per heavy atom. The van der Waals surface area contributed by atoms with Gasteiger partial charge in [-0.2, -0.15) is 0 Å². The smallest absolute Gasteiger partial charge is 0.0151 e. The van der Waals surface area contributed by atoms with Crippen LogP contribution in [-0.2, 0) is 6.42 Å². The van der Waals surface area contributed by atoms with Crippen LogP contribution < -0.4 is 0 Å². The van der Waals surface area contributed by atoms with Crippen LogP contribution in [0.25, 0.3) is 16.8 Å². The van der Waals surface area contributed by atoms with E-state index in [1.54, 1.807) is 11.8 Å². The molecule has 0 nitrogen and oxygen atoms in total. The van der Waals surface area contributed by atoms with Crippen molar-refractivity contribution in [2.24, 2.45) is 0 Å². The van der Waals surface area contributed by atoms with Crippen LogP contribution in [0.4, 0.5) is 0 Å². The summed E-state index contributed by atoms with van der Waals surface area (Å²) in [6, 6.07) is 44.4. The summed E-state index contributed by atoms with van der Waals surface area (Å²) in [5, 5.41) is 2.54. The molecule has 0 aromatic heterocycles. The lowest BCUT2D eigenvalue weighted by atomic mass is 10.1. The molecule has 0 aliphatic carbocycles. The van der Waals surface area contributed by atoms with E-state index >= 15 is 0 Å². The van der Waals surface area contributed by atoms with Crippen LogP contribution in [0.15, 0.2) is 150 Å². The number of hydrogen-bond donors (Lipinski definition) is 0. The minimum atomic E-state index is 1.03. The molecule has 0 radical (unpaired) electrons. The molecule has 5 aromatic rings. The first kappa shape index (κ1) is 24.3. The Hall–Kier alpha value is -3.81. The normalized spacial score (nSPS) is 10.7. The molecule has 0 aliphatic heterocycles. The number of fused-ring (bicyclic) bond motifs is 1. The van der Waals surface area contributed by atoms with Crippen molar-refractivity contribution in [3.8, 4) is 0 Å². The highest BCUT2D eigenvalue weighted by atomic mass is 32.2. The van der Waals surface area contributed by atoms with Gasteiger partial charge in [0.05, 0.1) is 0 Å². The third kappa shape index (κ3) is 7.60. The fraction of sp³-hybridized carbons (Fsp3) is 0.0588. The average Bonchev–Trinajstić information content (AvgIpc) is 2.90. The maximum Gasteiger partial charge on any atom is 0.0151 e. The van der Waals surface area contributed by atoms with Crippen molar-refractivity contribution in [3.63, 3.8) is 0 Å². The first-order chi connectivity index (χ1) is 17.2. The van der Waals surface area contributed by atoms with Crippen molar-refractivity contribution in [3.05, 3.63) is 167 Å². The molecule has 0 fully saturated rings. The second-order valence-corrected chi connectivity index (χ2v) is 9.59. The van der Waals surface area contributed by atoms with E-state index in [1.807, 2.05) is 0 Å². The first-order valence-corrected chi connectivity index (χ1v) is 12.7. The minimum absolute atomic E-state index is 1.03. The van der Waals surface area contributed by atoms with Crippen LogP contribution in [0.2, 0.25) is 0 Å². The van der Waals surface area contributed by atoms with Crippen LogP contribution >= 0.6 is 11.8 Å². The number of benzene rings is 5. The molecular weight excluding hydrogens is 440 g/mol. The van der Waals surface area contributed by atoms with E-state index in [0.717, 1.165) is 11.3 Å². The van der Waals surface area contributed by atoms with Gasteiger partial charge in [-0.25, -0.2) is 0 Å². The number of aryl methyl sites for hydroxylation is 1. The lowest BCUT2D eigenvalue weighted by Gasteiger charge is -2.04. The van der Waals surface area contributed by atoms with Gasteiger partial charge in [-0.1, -0.05) is 140 Å². The second kappa shape index (κ2) is 12.6. The topological polar surface area (TPSA) is 0 Å². The highest BCUT2D eigenvalue weighted by molar-refractivity contribution is 8.03. The Kier molecular flexibility index (Phi) is 8.75. The van der Waals surface area contributed by atoms with Gasteiger partial charge in [-0.15, -0.1) is 0 Å². The molecule has 5 rings (SSSR count). The summed E-state index contributed by atoms with van der Waals surface area (Å²) in [6.07, 6.45) is 5.24. The molecule has 0 aliphatic rings. The number of rotatable bonds is 6. The molecule has 1 heteroatoms. The highest BCUT2D eigenvalue weighted by Gasteiger charge is 1.99. The maximum absolute atomic E-state index is 4.14. The predicted octanol–water partition coefficient (Wildman–Crippen LogP) is 9.74. The van der Waals surface area contributed by atoms with Crippen LogP contribution in [0.5, 0.6) is 0 Å². The van der Waals surface area contributed by atoms with Gasteiger partial charge in [-0.05, 0) is 64.6 Å². The Morgan fingerprint density at radius 2 is 1.23 bits per heavy atom. The van der Waals surface area contributed by atoms with Gasteiger partial charge < -0.3 is 0 Å². The zero-order chi connectivity index (χ0) is 24.3. The van der Waals surface area contributed by atoms with Crippen molar-refractivity contribution < 1.29 is 0 Å². The van der Waals surface area contributed by atoms with Gasteiger partial charge in [0.1, 0.15) is 0 Å². The van der Waals surface area contributed by atoms with Crippen molar-refractivity contribution in [2.75, 3.05) is 0 Å². The maximum atomic E-state index is 4.14. The van der Waals surface area contributed by atoms with Crippen LogP contribution in [0, 0.1) is 6.92 Å². The molecule has 172 valence electrons. The van der Waals surface area contributed by atoms with E-state index in [1.165, 1.54) is 37.9 Å².